The zero-order chi connectivity index (χ0) is 22.5. The Morgan fingerprint density at radius 1 is 1.16 bits per heavy atom. The topological polar surface area (TPSA) is 119 Å². The number of aliphatic hydroxyl groups is 1. The number of benzene rings is 2. The largest absolute Gasteiger partial charge is 0.507 e. The van der Waals surface area contributed by atoms with Crippen LogP contribution in [0.1, 0.15) is 23.6 Å². The molecule has 1 N–H and O–H groups in total. The molecular weight excluding hydrogens is 404 g/mol. The summed E-state index contributed by atoms with van der Waals surface area (Å²) in [6.07, 6.45) is 0.478. The number of rotatable bonds is 8. The second kappa shape index (κ2) is 9.40. The van der Waals surface area contributed by atoms with Crippen molar-refractivity contribution < 1.29 is 29.1 Å². The molecular formula is C22H22N2O7. The first kappa shape index (κ1) is 22.0. The van der Waals surface area contributed by atoms with Crippen LogP contribution >= 0.6 is 0 Å². The maximum absolute atomic E-state index is 12.9. The zero-order valence-corrected chi connectivity index (χ0v) is 17.1. The molecule has 0 aliphatic carbocycles. The molecule has 3 rings (SSSR count). The highest BCUT2D eigenvalue weighted by atomic mass is 16.6. The van der Waals surface area contributed by atoms with Crippen LogP contribution < -0.4 is 4.74 Å². The van der Waals surface area contributed by atoms with Crippen molar-refractivity contribution in [2.45, 2.75) is 12.5 Å². The average molecular weight is 426 g/mol. The Morgan fingerprint density at radius 2 is 1.87 bits per heavy atom. The molecule has 1 unspecified atom stereocenters. The highest BCUT2D eigenvalue weighted by Crippen LogP contribution is 2.40. The number of non-ortho nitro benzene ring substituents is 1. The van der Waals surface area contributed by atoms with Crippen LogP contribution in [0, 0.1) is 10.1 Å². The number of ether oxygens (including phenoxy) is 2. The average Bonchev–Trinajstić information content (AvgIpc) is 3.03. The monoisotopic (exact) mass is 426 g/mol. The van der Waals surface area contributed by atoms with Gasteiger partial charge in [-0.15, -0.1) is 0 Å². The van der Waals surface area contributed by atoms with Gasteiger partial charge in [0.05, 0.1) is 23.6 Å². The molecule has 0 aromatic heterocycles. The summed E-state index contributed by atoms with van der Waals surface area (Å²) < 4.78 is 10.2. The minimum absolute atomic E-state index is 0.0791. The molecule has 1 heterocycles. The molecule has 1 fully saturated rings. The number of likely N-dealkylation sites (tertiary alicyclic amines) is 1. The Hall–Kier alpha value is -3.72. The van der Waals surface area contributed by atoms with Crippen molar-refractivity contribution >= 4 is 23.1 Å². The summed E-state index contributed by atoms with van der Waals surface area (Å²) in [7, 11) is 3.01. The fourth-order valence-corrected chi connectivity index (χ4v) is 3.54. The van der Waals surface area contributed by atoms with Crippen LogP contribution in [0.2, 0.25) is 0 Å². The standard InChI is InChI=1S/C22H22N2O7/c1-30-12-4-11-23-19(14-7-9-16(10-8-14)24(28)29)18(21(26)22(23)27)20(25)15-5-3-6-17(13-15)31-2/h3,5-10,13,19,25H,4,11-12H2,1-2H3/b20-18+. The third-order valence-electron chi connectivity index (χ3n) is 5.05. The molecule has 9 heteroatoms. The summed E-state index contributed by atoms with van der Waals surface area (Å²) in [6.45, 7) is 0.598. The molecule has 1 saturated heterocycles. The van der Waals surface area contributed by atoms with E-state index >= 15 is 0 Å². The Bertz CT molecular complexity index is 1030. The van der Waals surface area contributed by atoms with Crippen LogP contribution in [0.4, 0.5) is 5.69 Å². The summed E-state index contributed by atoms with van der Waals surface area (Å²) in [5, 5.41) is 22.0. The van der Waals surface area contributed by atoms with Crippen LogP contribution in [0.15, 0.2) is 54.1 Å². The molecule has 162 valence electrons. The second-order valence-electron chi connectivity index (χ2n) is 6.92. The van der Waals surface area contributed by atoms with Gasteiger partial charge >= 0.3 is 0 Å². The maximum atomic E-state index is 12.9. The molecule has 0 saturated carbocycles. The van der Waals surface area contributed by atoms with E-state index in [9.17, 15) is 24.8 Å². The van der Waals surface area contributed by atoms with E-state index in [0.29, 0.717) is 29.9 Å². The normalized spacial score (nSPS) is 17.7. The Kier molecular flexibility index (Phi) is 6.66. The summed E-state index contributed by atoms with van der Waals surface area (Å²) in [4.78, 5) is 37.5. The van der Waals surface area contributed by atoms with Crippen molar-refractivity contribution in [2.24, 2.45) is 0 Å². The molecule has 2 aromatic rings. The first-order chi connectivity index (χ1) is 14.9. The van der Waals surface area contributed by atoms with Crippen LogP contribution in [-0.2, 0) is 14.3 Å². The predicted octanol–water partition coefficient (Wildman–Crippen LogP) is 3.06. The minimum Gasteiger partial charge on any atom is -0.507 e. The fraction of sp³-hybridized carbons (Fsp3) is 0.273. The Balaban J connectivity index is 2.12. The first-order valence-electron chi connectivity index (χ1n) is 9.55. The lowest BCUT2D eigenvalue weighted by Gasteiger charge is -2.25. The van der Waals surface area contributed by atoms with Gasteiger partial charge < -0.3 is 19.5 Å². The van der Waals surface area contributed by atoms with Gasteiger partial charge in [0.1, 0.15) is 11.5 Å². The summed E-state index contributed by atoms with van der Waals surface area (Å²) in [5.41, 5.74) is 0.602. The van der Waals surface area contributed by atoms with E-state index < -0.39 is 22.7 Å². The van der Waals surface area contributed by atoms with Gasteiger partial charge in [-0.25, -0.2) is 0 Å². The van der Waals surface area contributed by atoms with Crippen LogP contribution in [0.3, 0.4) is 0 Å². The maximum Gasteiger partial charge on any atom is 0.295 e. The number of nitro benzene ring substituents is 1. The molecule has 0 spiro atoms. The number of nitro groups is 1. The number of hydrogen-bond donors (Lipinski definition) is 1. The number of hydrogen-bond acceptors (Lipinski definition) is 7. The summed E-state index contributed by atoms with van der Waals surface area (Å²) in [6, 6.07) is 11.2. The predicted molar refractivity (Wildman–Crippen MR) is 112 cm³/mol. The second-order valence-corrected chi connectivity index (χ2v) is 6.92. The lowest BCUT2D eigenvalue weighted by Crippen LogP contribution is -2.31. The molecule has 1 aliphatic heterocycles. The van der Waals surface area contributed by atoms with E-state index in [2.05, 4.69) is 0 Å². The number of carbonyl (C=O) groups is 2. The number of Topliss-reactive ketones (excluding diaryl/α,β-unsaturated/α-hetero) is 1. The SMILES string of the molecule is COCCCN1C(=O)C(=O)/C(=C(/O)c2cccc(OC)c2)C1c1ccc([N+](=O)[O-])cc1. The van der Waals surface area contributed by atoms with E-state index in [1.165, 1.54) is 43.4 Å². The molecule has 31 heavy (non-hydrogen) atoms. The Labute approximate surface area is 178 Å². The lowest BCUT2D eigenvalue weighted by atomic mass is 9.95. The summed E-state index contributed by atoms with van der Waals surface area (Å²) >= 11 is 0. The van der Waals surface area contributed by atoms with Crippen LogP contribution in [-0.4, -0.2) is 54.0 Å². The number of carbonyl (C=O) groups excluding carboxylic acids is 2. The number of methoxy groups -OCH3 is 2. The molecule has 9 nitrogen and oxygen atoms in total. The van der Waals surface area contributed by atoms with Gasteiger partial charge in [0.15, 0.2) is 0 Å². The summed E-state index contributed by atoms with van der Waals surface area (Å²) in [5.74, 6) is -1.43. The number of amides is 1. The third-order valence-corrected chi connectivity index (χ3v) is 5.05. The van der Waals surface area contributed by atoms with Crippen molar-refractivity contribution in [3.8, 4) is 5.75 Å². The highest BCUT2D eigenvalue weighted by molar-refractivity contribution is 6.46. The number of aliphatic hydroxyl groups excluding tert-OH is 1. The van der Waals surface area contributed by atoms with E-state index in [0.717, 1.165) is 0 Å². The highest BCUT2D eigenvalue weighted by Gasteiger charge is 2.45. The van der Waals surface area contributed by atoms with E-state index in [1.54, 1.807) is 24.3 Å². The zero-order valence-electron chi connectivity index (χ0n) is 17.1. The molecule has 2 aromatic carbocycles. The van der Waals surface area contributed by atoms with Gasteiger partial charge in [-0.05, 0) is 36.2 Å². The van der Waals surface area contributed by atoms with Gasteiger partial charge in [0.2, 0.25) is 0 Å². The minimum atomic E-state index is -0.885. The van der Waals surface area contributed by atoms with Crippen molar-refractivity contribution in [1.82, 2.24) is 4.90 Å². The molecule has 1 aliphatic rings. The first-order valence-corrected chi connectivity index (χ1v) is 9.55. The van der Waals surface area contributed by atoms with E-state index in [-0.39, 0.29) is 23.6 Å². The van der Waals surface area contributed by atoms with E-state index in [4.69, 9.17) is 9.47 Å². The van der Waals surface area contributed by atoms with Crippen molar-refractivity contribution in [2.75, 3.05) is 27.4 Å². The van der Waals surface area contributed by atoms with Crippen LogP contribution in [0.25, 0.3) is 5.76 Å². The van der Waals surface area contributed by atoms with Crippen molar-refractivity contribution in [3.63, 3.8) is 0 Å². The van der Waals surface area contributed by atoms with Gasteiger partial charge in [0, 0.05) is 38.0 Å². The molecule has 1 atom stereocenters. The lowest BCUT2D eigenvalue weighted by molar-refractivity contribution is -0.384. The Morgan fingerprint density at radius 3 is 2.48 bits per heavy atom. The fourth-order valence-electron chi connectivity index (χ4n) is 3.54. The third kappa shape index (κ3) is 4.41. The van der Waals surface area contributed by atoms with Crippen LogP contribution in [0.5, 0.6) is 5.75 Å². The molecule has 0 radical (unpaired) electrons. The molecule has 0 bridgehead atoms. The van der Waals surface area contributed by atoms with Gasteiger partial charge in [-0.2, -0.15) is 0 Å². The quantitative estimate of drug-likeness (QED) is 0.172. The van der Waals surface area contributed by atoms with Crippen molar-refractivity contribution in [3.05, 3.63) is 75.3 Å². The van der Waals surface area contributed by atoms with Crippen molar-refractivity contribution in [1.29, 1.82) is 0 Å². The van der Waals surface area contributed by atoms with Gasteiger partial charge in [-0.3, -0.25) is 19.7 Å². The molecule has 1 amide bonds. The number of ketones is 1. The van der Waals surface area contributed by atoms with Gasteiger partial charge in [-0.1, -0.05) is 12.1 Å². The smallest absolute Gasteiger partial charge is 0.295 e. The number of nitrogens with zero attached hydrogens (tertiary/aromatic N) is 2. The van der Waals surface area contributed by atoms with Gasteiger partial charge in [0.25, 0.3) is 17.4 Å². The van der Waals surface area contributed by atoms with E-state index in [1.807, 2.05) is 0 Å².